The molecule has 1 aliphatic rings. The van der Waals surface area contributed by atoms with Crippen molar-refractivity contribution in [1.29, 1.82) is 0 Å². The Kier molecular flexibility index (Phi) is 6.28. The van der Waals surface area contributed by atoms with Gasteiger partial charge in [0.15, 0.2) is 5.82 Å². The third-order valence-electron chi connectivity index (χ3n) is 5.77. The Morgan fingerprint density at radius 1 is 1.00 bits per heavy atom. The first-order valence-electron chi connectivity index (χ1n) is 10.7. The van der Waals surface area contributed by atoms with Crippen molar-refractivity contribution in [2.45, 2.75) is 19.9 Å². The van der Waals surface area contributed by atoms with Gasteiger partial charge in [0.2, 0.25) is 0 Å². The normalized spacial score (nSPS) is 15.5. The number of piperazine rings is 1. The summed E-state index contributed by atoms with van der Waals surface area (Å²) in [5.41, 5.74) is 3.72. The topological polar surface area (TPSA) is 61.4 Å². The zero-order valence-electron chi connectivity index (χ0n) is 18.4. The number of carbonyl (C=O) groups excluding carboxylic acids is 1. The highest BCUT2D eigenvalue weighted by Gasteiger charge is 2.24. The first-order valence-corrected chi connectivity index (χ1v) is 10.7. The van der Waals surface area contributed by atoms with Crippen LogP contribution >= 0.6 is 0 Å². The lowest BCUT2D eigenvalue weighted by Crippen LogP contribution is -2.45. The van der Waals surface area contributed by atoms with Crippen LogP contribution in [-0.4, -0.2) is 54.0 Å². The predicted octanol–water partition coefficient (Wildman–Crippen LogP) is 3.69. The molecular formula is C25H29N5O. The summed E-state index contributed by atoms with van der Waals surface area (Å²) in [7, 11) is 2.12. The van der Waals surface area contributed by atoms with E-state index < -0.39 is 0 Å². The number of hydrogen-bond donors (Lipinski definition) is 1. The van der Waals surface area contributed by atoms with Crippen LogP contribution in [0, 0.1) is 6.92 Å². The summed E-state index contributed by atoms with van der Waals surface area (Å²) in [6, 6.07) is 18.0. The molecule has 31 heavy (non-hydrogen) atoms. The molecule has 1 unspecified atom stereocenters. The molecule has 0 spiro atoms. The van der Waals surface area contributed by atoms with Crippen molar-refractivity contribution in [2.24, 2.45) is 0 Å². The Hall–Kier alpha value is -3.25. The summed E-state index contributed by atoms with van der Waals surface area (Å²) in [5.74, 6) is 1.19. The first kappa shape index (κ1) is 21.0. The van der Waals surface area contributed by atoms with E-state index in [-0.39, 0.29) is 11.9 Å². The van der Waals surface area contributed by atoms with Crippen LogP contribution in [0.3, 0.4) is 0 Å². The highest BCUT2D eigenvalue weighted by atomic mass is 16.1. The fourth-order valence-electron chi connectivity index (χ4n) is 3.73. The van der Waals surface area contributed by atoms with E-state index in [1.807, 2.05) is 49.4 Å². The number of nitrogens with zero attached hydrogens (tertiary/aromatic N) is 4. The molecule has 160 valence electrons. The molecule has 1 N–H and O–H groups in total. The van der Waals surface area contributed by atoms with Gasteiger partial charge >= 0.3 is 0 Å². The Bertz CT molecular complexity index is 1030. The van der Waals surface area contributed by atoms with Gasteiger partial charge in [-0.15, -0.1) is 0 Å². The third-order valence-corrected chi connectivity index (χ3v) is 5.77. The van der Waals surface area contributed by atoms with Gasteiger partial charge in [-0.3, -0.25) is 4.79 Å². The van der Waals surface area contributed by atoms with Crippen molar-refractivity contribution >= 4 is 11.7 Å². The van der Waals surface area contributed by atoms with Crippen LogP contribution in [0.4, 0.5) is 5.82 Å². The van der Waals surface area contributed by atoms with Crippen LogP contribution in [0.1, 0.15) is 34.5 Å². The van der Waals surface area contributed by atoms with Gasteiger partial charge < -0.3 is 15.1 Å². The molecule has 1 amide bonds. The standard InChI is InChI=1S/C25H29N5O/c1-18-9-11-21(12-10-18)23-26-17-22(24(28-23)30-15-13-29(3)14-16-30)25(31)27-19(2)20-7-5-4-6-8-20/h4-12,17,19H,13-16H2,1-3H3,(H,27,31). The van der Waals surface area contributed by atoms with Gasteiger partial charge in [0.25, 0.3) is 5.91 Å². The van der Waals surface area contributed by atoms with Crippen molar-refractivity contribution in [3.63, 3.8) is 0 Å². The van der Waals surface area contributed by atoms with Crippen molar-refractivity contribution in [1.82, 2.24) is 20.2 Å². The average Bonchev–Trinajstić information content (AvgIpc) is 2.80. The van der Waals surface area contributed by atoms with E-state index in [0.29, 0.717) is 17.2 Å². The lowest BCUT2D eigenvalue weighted by molar-refractivity contribution is 0.0939. The Labute approximate surface area is 183 Å². The molecular weight excluding hydrogens is 386 g/mol. The number of carbonyl (C=O) groups is 1. The SMILES string of the molecule is Cc1ccc(-c2ncc(C(=O)NC(C)c3ccccc3)c(N3CCN(C)CC3)n2)cc1. The van der Waals surface area contributed by atoms with Crippen molar-refractivity contribution in [3.05, 3.63) is 77.5 Å². The summed E-state index contributed by atoms with van der Waals surface area (Å²) >= 11 is 0. The van der Waals surface area contributed by atoms with Crippen LogP contribution in [0.15, 0.2) is 60.8 Å². The molecule has 2 aromatic carbocycles. The molecule has 0 bridgehead atoms. The number of anilines is 1. The molecule has 2 heterocycles. The average molecular weight is 416 g/mol. The van der Waals surface area contributed by atoms with Crippen molar-refractivity contribution < 1.29 is 4.79 Å². The minimum absolute atomic E-state index is 0.106. The Morgan fingerprint density at radius 3 is 2.35 bits per heavy atom. The quantitative estimate of drug-likeness (QED) is 0.689. The Balaban J connectivity index is 1.65. The van der Waals surface area contributed by atoms with Gasteiger partial charge in [0.1, 0.15) is 11.4 Å². The van der Waals surface area contributed by atoms with E-state index in [0.717, 1.165) is 37.3 Å². The van der Waals surface area contributed by atoms with Gasteiger partial charge in [-0.1, -0.05) is 60.2 Å². The fourth-order valence-corrected chi connectivity index (χ4v) is 3.73. The number of aryl methyl sites for hydroxylation is 1. The smallest absolute Gasteiger partial charge is 0.257 e. The predicted molar refractivity (Wildman–Crippen MR) is 124 cm³/mol. The van der Waals surface area contributed by atoms with Gasteiger partial charge in [-0.05, 0) is 26.5 Å². The van der Waals surface area contributed by atoms with E-state index in [9.17, 15) is 4.79 Å². The fraction of sp³-hybridized carbons (Fsp3) is 0.320. The van der Waals surface area contributed by atoms with Crippen LogP contribution in [0.5, 0.6) is 0 Å². The van der Waals surface area contributed by atoms with E-state index in [4.69, 9.17) is 4.98 Å². The molecule has 6 heteroatoms. The molecule has 1 fully saturated rings. The minimum Gasteiger partial charge on any atom is -0.353 e. The summed E-state index contributed by atoms with van der Waals surface area (Å²) in [6.07, 6.45) is 1.67. The van der Waals surface area contributed by atoms with E-state index in [2.05, 4.69) is 46.2 Å². The minimum atomic E-state index is -0.152. The molecule has 0 saturated carbocycles. The second kappa shape index (κ2) is 9.27. The summed E-state index contributed by atoms with van der Waals surface area (Å²) in [5, 5.41) is 3.11. The van der Waals surface area contributed by atoms with Crippen LogP contribution in [0.2, 0.25) is 0 Å². The maximum Gasteiger partial charge on any atom is 0.257 e. The zero-order chi connectivity index (χ0) is 21.8. The van der Waals surface area contributed by atoms with E-state index in [1.54, 1.807) is 6.20 Å². The lowest BCUT2D eigenvalue weighted by atomic mass is 10.1. The monoisotopic (exact) mass is 415 g/mol. The molecule has 0 radical (unpaired) electrons. The second-order valence-electron chi connectivity index (χ2n) is 8.19. The number of aromatic nitrogens is 2. The Morgan fingerprint density at radius 2 is 1.68 bits per heavy atom. The van der Waals surface area contributed by atoms with Crippen LogP contribution < -0.4 is 10.2 Å². The first-order chi connectivity index (χ1) is 15.0. The van der Waals surface area contributed by atoms with Crippen LogP contribution in [-0.2, 0) is 0 Å². The van der Waals surface area contributed by atoms with E-state index in [1.165, 1.54) is 5.56 Å². The zero-order valence-corrected chi connectivity index (χ0v) is 18.4. The number of benzene rings is 2. The number of nitrogens with one attached hydrogen (secondary N) is 1. The summed E-state index contributed by atoms with van der Waals surface area (Å²) < 4.78 is 0. The van der Waals surface area contributed by atoms with Gasteiger partial charge in [-0.2, -0.15) is 0 Å². The van der Waals surface area contributed by atoms with Crippen molar-refractivity contribution in [2.75, 3.05) is 38.1 Å². The molecule has 4 rings (SSSR count). The highest BCUT2D eigenvalue weighted by Crippen LogP contribution is 2.24. The second-order valence-corrected chi connectivity index (χ2v) is 8.19. The maximum absolute atomic E-state index is 13.2. The molecule has 1 atom stereocenters. The number of amides is 1. The third kappa shape index (κ3) is 4.91. The highest BCUT2D eigenvalue weighted by molar-refractivity contribution is 5.99. The number of hydrogen-bond acceptors (Lipinski definition) is 5. The molecule has 1 saturated heterocycles. The van der Waals surface area contributed by atoms with Crippen molar-refractivity contribution in [3.8, 4) is 11.4 Å². The molecule has 6 nitrogen and oxygen atoms in total. The summed E-state index contributed by atoms with van der Waals surface area (Å²) in [6.45, 7) is 7.58. The van der Waals surface area contributed by atoms with Crippen LogP contribution in [0.25, 0.3) is 11.4 Å². The number of rotatable bonds is 5. The molecule has 0 aliphatic carbocycles. The molecule has 3 aromatic rings. The largest absolute Gasteiger partial charge is 0.353 e. The van der Waals surface area contributed by atoms with Gasteiger partial charge in [0, 0.05) is 37.9 Å². The maximum atomic E-state index is 13.2. The lowest BCUT2D eigenvalue weighted by Gasteiger charge is -2.34. The summed E-state index contributed by atoms with van der Waals surface area (Å²) in [4.78, 5) is 27.1. The van der Waals surface area contributed by atoms with Gasteiger partial charge in [0.05, 0.1) is 6.04 Å². The van der Waals surface area contributed by atoms with E-state index >= 15 is 0 Å². The molecule has 1 aromatic heterocycles. The van der Waals surface area contributed by atoms with Gasteiger partial charge in [-0.25, -0.2) is 9.97 Å². The number of likely N-dealkylation sites (N-methyl/N-ethyl adjacent to an activating group) is 1. The molecule has 1 aliphatic heterocycles.